The van der Waals surface area contributed by atoms with E-state index >= 15 is 0 Å². The molecule has 0 spiro atoms. The van der Waals surface area contributed by atoms with Gasteiger partial charge < -0.3 is 33.5 Å². The van der Waals surface area contributed by atoms with Crippen LogP contribution in [0.25, 0.3) is 11.1 Å². The van der Waals surface area contributed by atoms with Crippen molar-refractivity contribution in [1.82, 2.24) is 0 Å². The number of fused-ring (bicyclic) bond motifs is 3. The number of carbonyl (C=O) groups excluding carboxylic acids is 6. The lowest BCUT2D eigenvalue weighted by Gasteiger charge is -2.28. The second-order valence-electron chi connectivity index (χ2n) is 47.1. The lowest BCUT2D eigenvalue weighted by atomic mass is 9.98. The fourth-order valence-corrected chi connectivity index (χ4v) is 13.5. The lowest BCUT2D eigenvalue weighted by molar-refractivity contribution is -0.149. The highest BCUT2D eigenvalue weighted by atomic mass is 28.3. The first kappa shape index (κ1) is 165. The van der Waals surface area contributed by atoms with Crippen molar-refractivity contribution in [3.05, 3.63) is 222 Å². The molecular formula is C133H242O13Si2. The van der Waals surface area contributed by atoms with E-state index in [4.69, 9.17) is 33.5 Å². The van der Waals surface area contributed by atoms with Gasteiger partial charge in [0.1, 0.15) is 31.4 Å². The molecule has 0 amide bonds. The minimum atomic E-state index is -0.844. The highest BCUT2D eigenvalue weighted by Gasteiger charge is 2.30. The molecule has 0 aliphatic heterocycles. The predicted octanol–water partition coefficient (Wildman–Crippen LogP) is 39.3. The molecule has 148 heavy (non-hydrogen) atoms. The van der Waals surface area contributed by atoms with E-state index in [-0.39, 0.29) is 115 Å². The summed E-state index contributed by atoms with van der Waals surface area (Å²) in [5, 5.41) is 9.45. The first-order valence-corrected chi connectivity index (χ1v) is 61.3. The lowest BCUT2D eigenvalue weighted by Crippen LogP contribution is -2.30. The molecule has 6 aromatic carbocycles. The van der Waals surface area contributed by atoms with E-state index in [1.165, 1.54) is 70.7 Å². The molecule has 0 saturated heterocycles. The van der Waals surface area contributed by atoms with E-state index < -0.39 is 8.07 Å². The quantitative estimate of drug-likeness (QED) is 0.0135. The van der Waals surface area contributed by atoms with Gasteiger partial charge in [-0.2, -0.15) is 0 Å². The molecule has 1 aliphatic carbocycles. The third-order valence-electron chi connectivity index (χ3n) is 21.3. The number of methoxy groups -OCH3 is 1. The summed E-state index contributed by atoms with van der Waals surface area (Å²) in [6.07, 6.45) is 13.0. The standard InChI is InChI=1S/C18H18O2.C11H14O2.C11H22O2.C11H16O.C10H14.C9H22Si.C8H16O2.C8H10O.C7H12O2.C7H16.C6H16Si.C6H12.C5H10O.C5H12.2C4H10.3CH4/c1-12(2)18(19)20-11-17-15-9-5-3-7-13(15)14-8-4-6-10-16(14)17;1-9(2)11(12)13-8-10-6-4-3-5-7-10;1-9(2)7-5-6-8-13-11(12)10(3)4;1-9(2)7-10-3-5-11(8-12)6-4-10;1-9(2)8-10-6-4-3-5-7-10;1-8(2)7-10(5,6)9(3)4;1-6(2)5-10-8(9)7(3)4;1-7-3-5-8(9-2)6-4-7;1-4-5-9-7(8)6(2)3;1-6(2)5-7(3)4;1-6(2,3)7(4)5;1-4-5-6(2)3;1-4(2)5(3)6;1-4-5(2)3;2*1-4(2)3;;;/h3-10,12,17H,11H2,1-2H3;3-7,9H,8H2,1-2H3;9-10H,5-8H2,1-4H3;3-6,9,12H,7-8H2,1-2H3;3-7,9H,8H2,1-2H3;8-9H,7H2,1-6H3;6-7H,5H2,1-4H3;3-6H,1-2H3;4,6H,1,5H2,2-3H3;6-7H,5H2,1-4H3;7H,1-5H3;4,6H,1,5H2,2-3H3;4H,1-3H3;5H,4H2,1-3H3;2*4H,1-3H3;3*1H4. The number of rotatable bonds is 33. The first-order valence-electron chi connectivity index (χ1n) is 55.2. The third kappa shape index (κ3) is 114. The molecule has 860 valence electrons. The zero-order chi connectivity index (χ0) is 114. The molecular weight excluding hydrogens is 1860 g/mol. The minimum Gasteiger partial charge on any atom is -0.497 e. The van der Waals surface area contributed by atoms with E-state index in [1.54, 1.807) is 34.0 Å². The summed E-state index contributed by atoms with van der Waals surface area (Å²) < 4.78 is 30.1. The third-order valence-corrected chi connectivity index (χ3v) is 29.7. The number of aliphatic hydroxyl groups is 1. The van der Waals surface area contributed by atoms with Crippen molar-refractivity contribution in [1.29, 1.82) is 0 Å². The van der Waals surface area contributed by atoms with Crippen LogP contribution in [0.3, 0.4) is 0 Å². The van der Waals surface area contributed by atoms with Gasteiger partial charge in [-0.05, 0) is 179 Å². The Morgan fingerprint density at radius 2 is 0.743 bits per heavy atom. The Labute approximate surface area is 922 Å². The van der Waals surface area contributed by atoms with Gasteiger partial charge in [0.05, 0.1) is 64.6 Å². The van der Waals surface area contributed by atoms with Gasteiger partial charge in [0.2, 0.25) is 0 Å². The monoisotopic (exact) mass is 2100 g/mol. The molecule has 13 nitrogen and oxygen atoms in total. The van der Waals surface area contributed by atoms with Gasteiger partial charge in [-0.3, -0.25) is 28.8 Å². The van der Waals surface area contributed by atoms with Crippen molar-refractivity contribution >= 4 is 52.5 Å². The Bertz CT molecular complexity index is 3940. The number of Topliss-reactive ketones (excluding diaryl/α,β-unsaturated/α-hetero) is 1. The fraction of sp³-hybridized carbons (Fsp3) is 0.654. The Morgan fingerprint density at radius 1 is 0.405 bits per heavy atom. The molecule has 0 aromatic heterocycles. The topological polar surface area (TPSA) is 178 Å². The number of aryl methyl sites for hydroxylation is 1. The summed E-state index contributed by atoms with van der Waals surface area (Å²) in [4.78, 5) is 65.4. The molecule has 0 radical (unpaired) electrons. The molecule has 15 heteroatoms. The Kier molecular flexibility index (Phi) is 114. The van der Waals surface area contributed by atoms with Gasteiger partial charge >= 0.3 is 29.8 Å². The van der Waals surface area contributed by atoms with E-state index in [1.807, 2.05) is 168 Å². The maximum Gasteiger partial charge on any atom is 0.308 e. The second-order valence-corrected chi connectivity index (χ2v) is 56.7. The molecule has 7 rings (SSSR count). The summed E-state index contributed by atoms with van der Waals surface area (Å²) in [5.41, 5.74) is 12.0. The SMILES string of the molecule is C.C.C.C=CCC(C)C.C=CCOC(=O)C(C)C.CC(=O)C(C)C.CC(C)C.CC(C)C.CC(C)C(=O)OCC1c2ccccc2-c2ccccc21.CC(C)C(=O)OCc1ccccc1.CC(C)CC(C)C.CC(C)CCCCOC(=O)C(C)C.CC(C)COC(=O)C(C)C.CC(C)C[Si](C)(C)C(C)C.CC(C)Cc1ccc(CO)cc1.CC(C)Cc1ccccc1.CCC(C)C.COc1ccc(C)cc1.C[SiH](C)C(C)(C)C. The number of allylic oxidation sites excluding steroid dienone is 1. The highest BCUT2D eigenvalue weighted by Crippen LogP contribution is 2.45. The maximum atomic E-state index is 11.7. The zero-order valence-corrected chi connectivity index (χ0v) is 105. The number of carbonyl (C=O) groups is 6. The van der Waals surface area contributed by atoms with Crippen molar-refractivity contribution < 1.29 is 62.3 Å². The Morgan fingerprint density at radius 3 is 1.02 bits per heavy atom. The van der Waals surface area contributed by atoms with E-state index in [0.29, 0.717) is 49.9 Å². The van der Waals surface area contributed by atoms with Crippen molar-refractivity contribution in [3.63, 3.8) is 0 Å². The number of esters is 5. The highest BCUT2D eigenvalue weighted by molar-refractivity contribution is 6.78. The fourth-order valence-electron chi connectivity index (χ4n) is 11.0. The van der Waals surface area contributed by atoms with Crippen LogP contribution in [-0.2, 0) is 78.5 Å². The number of aliphatic hydroxyl groups excluding tert-OH is 1. The van der Waals surface area contributed by atoms with Crippen LogP contribution in [0.15, 0.2) is 183 Å². The average molecular weight is 2110 g/mol. The van der Waals surface area contributed by atoms with Crippen LogP contribution in [0.2, 0.25) is 42.8 Å². The summed E-state index contributed by atoms with van der Waals surface area (Å²) in [6, 6.07) is 54.6. The predicted molar refractivity (Wildman–Crippen MR) is 662 cm³/mol. The summed E-state index contributed by atoms with van der Waals surface area (Å²) in [5.74, 6) is 9.37. The Hall–Kier alpha value is -7.99. The summed E-state index contributed by atoms with van der Waals surface area (Å²) >= 11 is 0. The van der Waals surface area contributed by atoms with E-state index in [0.717, 1.165) is 101 Å². The largest absolute Gasteiger partial charge is 0.497 e. The second kappa shape index (κ2) is 102. The molecule has 1 aliphatic rings. The molecule has 0 saturated carbocycles. The van der Waals surface area contributed by atoms with E-state index in [9.17, 15) is 28.8 Å². The minimum absolute atomic E-state index is 0. The van der Waals surface area contributed by atoms with Crippen LogP contribution in [-0.4, -0.2) is 91.1 Å². The number of hydrogen-bond acceptors (Lipinski definition) is 13. The number of ketones is 1. The van der Waals surface area contributed by atoms with Crippen LogP contribution in [0.4, 0.5) is 0 Å². The molecule has 0 fully saturated rings. The smallest absolute Gasteiger partial charge is 0.308 e. The maximum absolute atomic E-state index is 11.7. The molecule has 0 heterocycles. The first-order chi connectivity index (χ1) is 67.0. The normalized spacial score (nSPS) is 10.6. The van der Waals surface area contributed by atoms with Crippen LogP contribution >= 0.6 is 0 Å². The molecule has 0 unspecified atom stereocenters. The van der Waals surface area contributed by atoms with Crippen LogP contribution in [0.5, 0.6) is 5.75 Å². The van der Waals surface area contributed by atoms with Crippen LogP contribution < -0.4 is 4.74 Å². The summed E-state index contributed by atoms with van der Waals surface area (Å²) in [6.45, 7) is 112. The van der Waals surface area contributed by atoms with Gasteiger partial charge in [-0.15, -0.1) is 6.58 Å². The van der Waals surface area contributed by atoms with Crippen molar-refractivity contribution in [2.45, 2.75) is 440 Å². The molecule has 0 bridgehead atoms. The van der Waals surface area contributed by atoms with Crippen LogP contribution in [0.1, 0.15) is 403 Å². The number of benzene rings is 6. The molecule has 6 aromatic rings. The number of ether oxygens (including phenoxy) is 6. The molecule has 1 N–H and O–H groups in total. The van der Waals surface area contributed by atoms with Gasteiger partial charge in [-0.1, -0.05) is 534 Å². The van der Waals surface area contributed by atoms with Crippen molar-refractivity contribution in [3.8, 4) is 16.9 Å². The van der Waals surface area contributed by atoms with Crippen molar-refractivity contribution in [2.75, 3.05) is 33.5 Å². The van der Waals surface area contributed by atoms with Gasteiger partial charge in [0.25, 0.3) is 0 Å². The Balaban J connectivity index is -0.000000135. The van der Waals surface area contributed by atoms with E-state index in [2.05, 4.69) is 319 Å². The molecule has 0 atom stereocenters. The van der Waals surface area contributed by atoms with Gasteiger partial charge in [0.15, 0.2) is 0 Å². The average Bonchev–Trinajstić information content (AvgIpc) is 1.61. The van der Waals surface area contributed by atoms with Crippen LogP contribution in [0, 0.1) is 108 Å². The van der Waals surface area contributed by atoms with Gasteiger partial charge in [-0.25, -0.2) is 0 Å². The zero-order valence-electron chi connectivity index (χ0n) is 103. The van der Waals surface area contributed by atoms with Gasteiger partial charge in [0, 0.05) is 20.6 Å². The number of unbranched alkanes of at least 4 members (excludes halogenated alkanes) is 1. The van der Waals surface area contributed by atoms with Crippen molar-refractivity contribution in [2.24, 2.45) is 101 Å². The summed E-state index contributed by atoms with van der Waals surface area (Å²) in [7, 11) is 0.469. The number of hydrogen-bond donors (Lipinski definition) is 1.